The maximum Gasteiger partial charge on any atom is 0.0871 e. The molecule has 2 atom stereocenters. The molecule has 2 unspecified atom stereocenters. The Kier molecular flexibility index (Phi) is 4.35. The van der Waals surface area contributed by atoms with Crippen molar-refractivity contribution in [2.45, 2.75) is 39.2 Å². The van der Waals surface area contributed by atoms with Crippen molar-refractivity contribution in [3.8, 4) is 0 Å². The lowest BCUT2D eigenvalue weighted by Crippen LogP contribution is -2.23. The summed E-state index contributed by atoms with van der Waals surface area (Å²) in [5.74, 6) is 0.541. The molecule has 0 aliphatic rings. The molecule has 0 fully saturated rings. The van der Waals surface area contributed by atoms with E-state index in [1.165, 1.54) is 0 Å². The molecule has 0 radical (unpaired) electrons. The predicted molar refractivity (Wildman–Crippen MR) is 67.8 cm³/mol. The van der Waals surface area contributed by atoms with E-state index >= 15 is 0 Å². The Labute approximate surface area is 101 Å². The summed E-state index contributed by atoms with van der Waals surface area (Å²) in [5.41, 5.74) is 0.260. The van der Waals surface area contributed by atoms with Crippen molar-refractivity contribution in [2.75, 3.05) is 0 Å². The minimum atomic E-state index is -0.723. The third kappa shape index (κ3) is 3.62. The van der Waals surface area contributed by atoms with Gasteiger partial charge in [-0.1, -0.05) is 48.3 Å². The molecule has 1 N–H and O–H groups in total. The van der Waals surface area contributed by atoms with Crippen LogP contribution in [0.1, 0.15) is 39.2 Å². The Hall–Kier alpha value is -0.340. The van der Waals surface area contributed by atoms with Gasteiger partial charge in [0.25, 0.3) is 0 Å². The van der Waals surface area contributed by atoms with Gasteiger partial charge in [0.2, 0.25) is 0 Å². The summed E-state index contributed by atoms with van der Waals surface area (Å²) in [4.78, 5) is 0. The van der Waals surface area contributed by atoms with Gasteiger partial charge < -0.3 is 5.11 Å². The summed E-state index contributed by atoms with van der Waals surface area (Å²) in [6.07, 6.45) is 1.91. The van der Waals surface area contributed by atoms with Crippen molar-refractivity contribution in [2.24, 2.45) is 5.92 Å². The van der Waals surface area contributed by atoms with Crippen molar-refractivity contribution in [1.82, 2.24) is 0 Å². The smallest absolute Gasteiger partial charge is 0.0871 e. The number of hydrogen-bond donors (Lipinski definition) is 1. The molecular weight excluding hydrogens is 252 g/mol. The Morgan fingerprint density at radius 1 is 1.47 bits per heavy atom. The lowest BCUT2D eigenvalue weighted by Gasteiger charge is -2.27. The first-order valence-electron chi connectivity index (χ1n) is 5.44. The second kappa shape index (κ2) is 5.13. The van der Waals surface area contributed by atoms with Crippen LogP contribution in [0.2, 0.25) is 0 Å². The average molecular weight is 271 g/mol. The molecule has 1 aromatic rings. The maximum absolute atomic E-state index is 10.4. The van der Waals surface area contributed by atoms with Crippen molar-refractivity contribution in [1.29, 1.82) is 0 Å². The fourth-order valence-corrected chi connectivity index (χ4v) is 2.16. The first kappa shape index (κ1) is 12.7. The second-order valence-corrected chi connectivity index (χ2v) is 5.42. The summed E-state index contributed by atoms with van der Waals surface area (Å²) in [6.45, 7) is 6.22. The first-order chi connectivity index (χ1) is 6.95. The van der Waals surface area contributed by atoms with E-state index in [1.54, 1.807) is 0 Å². The number of hydrogen-bond acceptors (Lipinski definition) is 1. The molecule has 2 heteroatoms. The molecule has 0 aliphatic heterocycles. The fraction of sp³-hybridized carbons (Fsp3) is 0.538. The zero-order chi connectivity index (χ0) is 11.5. The number of rotatable bonds is 4. The summed E-state index contributed by atoms with van der Waals surface area (Å²) in [7, 11) is 0. The van der Waals surface area contributed by atoms with Gasteiger partial charge in [-0.3, -0.25) is 0 Å². The summed E-state index contributed by atoms with van der Waals surface area (Å²) < 4.78 is 1.02. The van der Waals surface area contributed by atoms with E-state index in [4.69, 9.17) is 0 Å². The highest BCUT2D eigenvalue weighted by Crippen LogP contribution is 2.30. The molecule has 0 saturated heterocycles. The molecule has 0 saturated carbocycles. The quantitative estimate of drug-likeness (QED) is 0.874. The SMILES string of the molecule is CCC(C)CC(C)(O)c1cccc(Br)c1. The minimum absolute atomic E-state index is 0.541. The van der Waals surface area contributed by atoms with Gasteiger partial charge in [-0.2, -0.15) is 0 Å². The molecule has 0 spiro atoms. The van der Waals surface area contributed by atoms with Crippen LogP contribution >= 0.6 is 15.9 Å². The topological polar surface area (TPSA) is 20.2 Å². The standard InChI is InChI=1S/C13H19BrO/c1-4-10(2)9-13(3,15)11-6-5-7-12(14)8-11/h5-8,10,15H,4,9H2,1-3H3. The van der Waals surface area contributed by atoms with Crippen LogP contribution in [0.3, 0.4) is 0 Å². The predicted octanol–water partition coefficient (Wildman–Crippen LogP) is 4.09. The number of aliphatic hydroxyl groups is 1. The maximum atomic E-state index is 10.4. The van der Waals surface area contributed by atoms with Gasteiger partial charge in [-0.05, 0) is 37.0 Å². The van der Waals surface area contributed by atoms with Crippen molar-refractivity contribution >= 4 is 15.9 Å². The van der Waals surface area contributed by atoms with Crippen molar-refractivity contribution in [3.05, 3.63) is 34.3 Å². The van der Waals surface area contributed by atoms with Crippen LogP contribution in [-0.4, -0.2) is 5.11 Å². The minimum Gasteiger partial charge on any atom is -0.385 e. The van der Waals surface area contributed by atoms with Crippen LogP contribution in [0.25, 0.3) is 0 Å². The Balaban J connectivity index is 2.85. The molecule has 84 valence electrons. The van der Waals surface area contributed by atoms with Crippen LogP contribution in [0.5, 0.6) is 0 Å². The number of halogens is 1. The van der Waals surface area contributed by atoms with E-state index in [0.29, 0.717) is 5.92 Å². The first-order valence-corrected chi connectivity index (χ1v) is 6.23. The molecule has 1 aromatic carbocycles. The monoisotopic (exact) mass is 270 g/mol. The molecular formula is C13H19BrO. The molecule has 0 aromatic heterocycles. The van der Waals surface area contributed by atoms with Crippen molar-refractivity contribution < 1.29 is 5.11 Å². The molecule has 1 rings (SSSR count). The lowest BCUT2D eigenvalue weighted by atomic mass is 9.86. The highest BCUT2D eigenvalue weighted by Gasteiger charge is 2.24. The van der Waals surface area contributed by atoms with Gasteiger partial charge >= 0.3 is 0 Å². The summed E-state index contributed by atoms with van der Waals surface area (Å²) in [5, 5.41) is 10.4. The average Bonchev–Trinajstić information content (AvgIpc) is 2.17. The zero-order valence-electron chi connectivity index (χ0n) is 9.63. The van der Waals surface area contributed by atoms with Crippen molar-refractivity contribution in [3.63, 3.8) is 0 Å². The van der Waals surface area contributed by atoms with E-state index in [9.17, 15) is 5.11 Å². The Morgan fingerprint density at radius 2 is 2.13 bits per heavy atom. The van der Waals surface area contributed by atoms with E-state index in [0.717, 1.165) is 22.9 Å². The van der Waals surface area contributed by atoms with E-state index in [-0.39, 0.29) is 0 Å². The van der Waals surface area contributed by atoms with Gasteiger partial charge in [-0.25, -0.2) is 0 Å². The van der Waals surface area contributed by atoms with Crippen LogP contribution in [-0.2, 0) is 5.60 Å². The largest absolute Gasteiger partial charge is 0.385 e. The Morgan fingerprint density at radius 3 is 2.67 bits per heavy atom. The van der Waals surface area contributed by atoms with Gasteiger partial charge in [-0.15, -0.1) is 0 Å². The molecule has 15 heavy (non-hydrogen) atoms. The normalized spacial score (nSPS) is 17.1. The van der Waals surface area contributed by atoms with Gasteiger partial charge in [0.05, 0.1) is 5.60 Å². The van der Waals surface area contributed by atoms with Gasteiger partial charge in [0.15, 0.2) is 0 Å². The molecule has 0 heterocycles. The highest BCUT2D eigenvalue weighted by atomic mass is 79.9. The lowest BCUT2D eigenvalue weighted by molar-refractivity contribution is 0.0318. The van der Waals surface area contributed by atoms with Crippen LogP contribution < -0.4 is 0 Å². The van der Waals surface area contributed by atoms with E-state index in [2.05, 4.69) is 29.8 Å². The van der Waals surface area contributed by atoms with Gasteiger partial charge in [0, 0.05) is 4.47 Å². The van der Waals surface area contributed by atoms with Gasteiger partial charge in [0.1, 0.15) is 0 Å². The molecule has 0 bridgehead atoms. The third-order valence-electron chi connectivity index (χ3n) is 2.89. The van der Waals surface area contributed by atoms with E-state index < -0.39 is 5.60 Å². The zero-order valence-corrected chi connectivity index (χ0v) is 11.2. The number of benzene rings is 1. The fourth-order valence-electron chi connectivity index (χ4n) is 1.76. The second-order valence-electron chi connectivity index (χ2n) is 4.50. The molecule has 1 nitrogen and oxygen atoms in total. The van der Waals surface area contributed by atoms with Crippen LogP contribution in [0.4, 0.5) is 0 Å². The molecule has 0 aliphatic carbocycles. The third-order valence-corrected chi connectivity index (χ3v) is 3.38. The van der Waals surface area contributed by atoms with E-state index in [1.807, 2.05) is 31.2 Å². The molecule has 0 amide bonds. The summed E-state index contributed by atoms with van der Waals surface area (Å²) >= 11 is 3.43. The Bertz CT molecular complexity index is 320. The summed E-state index contributed by atoms with van der Waals surface area (Å²) in [6, 6.07) is 7.91. The highest BCUT2D eigenvalue weighted by molar-refractivity contribution is 9.10. The van der Waals surface area contributed by atoms with Crippen LogP contribution in [0, 0.1) is 5.92 Å². The van der Waals surface area contributed by atoms with Crippen LogP contribution in [0.15, 0.2) is 28.7 Å².